The van der Waals surface area contributed by atoms with Crippen LogP contribution >= 0.6 is 11.3 Å². The monoisotopic (exact) mass is 722 g/mol. The molecule has 8 rings (SSSR count). The molecule has 3 aliphatic carbocycles. The van der Waals surface area contributed by atoms with Crippen LogP contribution in [0.5, 0.6) is 5.75 Å². The minimum atomic E-state index is -0.736. The number of fused-ring (bicyclic) bond motifs is 3. The fourth-order valence-corrected chi connectivity index (χ4v) is 8.32. The van der Waals surface area contributed by atoms with Gasteiger partial charge in [0, 0.05) is 51.3 Å². The Labute approximate surface area is 306 Å². The molecule has 0 spiro atoms. The maximum atomic E-state index is 14.5. The van der Waals surface area contributed by atoms with Crippen molar-refractivity contribution in [3.8, 4) is 27.3 Å². The summed E-state index contributed by atoms with van der Waals surface area (Å²) in [5.74, 6) is -0.243. The molecule has 3 heterocycles. The molecule has 12 heteroatoms. The molecular formula is C40H42N4O7S. The molecule has 2 bridgehead atoms. The number of alkyl carbamates (subject to hydrolysis) is 1. The van der Waals surface area contributed by atoms with Gasteiger partial charge < -0.3 is 30.2 Å². The van der Waals surface area contributed by atoms with Crippen LogP contribution in [0.25, 0.3) is 21.6 Å². The number of carbonyl (C=O) groups excluding carboxylic acids is 4. The lowest BCUT2D eigenvalue weighted by molar-refractivity contribution is -0.0439. The Kier molecular flexibility index (Phi) is 9.06. The van der Waals surface area contributed by atoms with Crippen molar-refractivity contribution in [1.29, 1.82) is 0 Å². The predicted octanol–water partition coefficient (Wildman–Crippen LogP) is 7.37. The van der Waals surface area contributed by atoms with Gasteiger partial charge in [-0.05, 0) is 118 Å². The summed E-state index contributed by atoms with van der Waals surface area (Å²) in [5, 5.41) is 11.0. The Morgan fingerprint density at radius 1 is 0.962 bits per heavy atom. The van der Waals surface area contributed by atoms with Crippen molar-refractivity contribution >= 4 is 40.9 Å². The Bertz CT molecular complexity index is 2090. The van der Waals surface area contributed by atoms with Crippen LogP contribution in [0.2, 0.25) is 0 Å². The maximum Gasteiger partial charge on any atom is 0.407 e. The van der Waals surface area contributed by atoms with Crippen LogP contribution in [0.15, 0.2) is 47.8 Å². The maximum absolute atomic E-state index is 14.5. The third kappa shape index (κ3) is 6.87. The molecule has 2 aromatic carbocycles. The number of benzene rings is 2. The van der Waals surface area contributed by atoms with Gasteiger partial charge in [-0.1, -0.05) is 12.1 Å². The fourth-order valence-electron chi connectivity index (χ4n) is 7.34. The number of pyridine rings is 1. The zero-order valence-electron chi connectivity index (χ0n) is 30.2. The first-order valence-electron chi connectivity index (χ1n) is 17.4. The van der Waals surface area contributed by atoms with Crippen molar-refractivity contribution < 1.29 is 33.4 Å². The van der Waals surface area contributed by atoms with Gasteiger partial charge in [0.25, 0.3) is 11.8 Å². The molecule has 3 saturated carbocycles. The molecule has 270 valence electrons. The van der Waals surface area contributed by atoms with E-state index in [0.717, 1.165) is 52.0 Å². The number of ether oxygens (including phenoxy) is 3. The number of hydrogen-bond acceptors (Lipinski definition) is 9. The zero-order chi connectivity index (χ0) is 36.9. The van der Waals surface area contributed by atoms with Gasteiger partial charge in [0.15, 0.2) is 5.69 Å². The van der Waals surface area contributed by atoms with Crippen molar-refractivity contribution in [2.24, 2.45) is 5.92 Å². The van der Waals surface area contributed by atoms with Gasteiger partial charge in [0.05, 0.1) is 13.7 Å². The number of nitrogens with one attached hydrogen (secondary N) is 3. The molecule has 0 unspecified atom stereocenters. The molecule has 0 atom stereocenters. The van der Waals surface area contributed by atoms with E-state index in [-0.39, 0.29) is 34.9 Å². The van der Waals surface area contributed by atoms with Gasteiger partial charge in [-0.15, -0.1) is 11.3 Å². The normalized spacial score (nSPS) is 18.2. The SMILES string of the molecule is COC(=O)c1nc(C(=O)NC23CC(C2)C3)ccc1-c1cc2c(cc1C(=O)Nc1c(C)cc(CNC(=O)OC(C)(C)C)cc1C)-c1sccc1CCO2. The topological polar surface area (TPSA) is 145 Å². The third-order valence-corrected chi connectivity index (χ3v) is 10.9. The van der Waals surface area contributed by atoms with Gasteiger partial charge in [0.2, 0.25) is 0 Å². The number of methoxy groups -OCH3 is 1. The number of hydrogen-bond donors (Lipinski definition) is 3. The molecule has 0 saturated heterocycles. The summed E-state index contributed by atoms with van der Waals surface area (Å²) in [6, 6.07) is 12.7. The second kappa shape index (κ2) is 13.4. The number of aromatic nitrogens is 1. The van der Waals surface area contributed by atoms with E-state index in [1.165, 1.54) is 7.11 Å². The Morgan fingerprint density at radius 3 is 2.35 bits per heavy atom. The van der Waals surface area contributed by atoms with Gasteiger partial charge in [-0.3, -0.25) is 9.59 Å². The number of amides is 3. The lowest BCUT2D eigenvalue weighted by Gasteiger charge is -2.61. The Morgan fingerprint density at radius 2 is 1.69 bits per heavy atom. The van der Waals surface area contributed by atoms with Gasteiger partial charge >= 0.3 is 12.1 Å². The number of rotatable bonds is 8. The first-order valence-corrected chi connectivity index (χ1v) is 18.3. The summed E-state index contributed by atoms with van der Waals surface area (Å²) in [5.41, 5.74) is 5.21. The predicted molar refractivity (Wildman–Crippen MR) is 198 cm³/mol. The first kappa shape index (κ1) is 35.2. The number of aryl methyl sites for hydroxylation is 2. The third-order valence-electron chi connectivity index (χ3n) is 9.87. The number of anilines is 1. The molecule has 3 fully saturated rings. The molecule has 2 aromatic heterocycles. The van der Waals surface area contributed by atoms with E-state index in [0.29, 0.717) is 41.5 Å². The number of nitrogens with zero attached hydrogens (tertiary/aromatic N) is 1. The summed E-state index contributed by atoms with van der Waals surface area (Å²) in [7, 11) is 1.26. The van der Waals surface area contributed by atoms with Gasteiger partial charge in [-0.25, -0.2) is 14.6 Å². The molecular weight excluding hydrogens is 681 g/mol. The largest absolute Gasteiger partial charge is 0.493 e. The minimum absolute atomic E-state index is 0.0821. The second-order valence-corrected chi connectivity index (χ2v) is 15.9. The van der Waals surface area contributed by atoms with Crippen LogP contribution in [0.3, 0.4) is 0 Å². The van der Waals surface area contributed by atoms with Crippen LogP contribution in [0.1, 0.15) is 93.6 Å². The highest BCUT2D eigenvalue weighted by Crippen LogP contribution is 2.57. The van der Waals surface area contributed by atoms with Crippen molar-refractivity contribution in [2.75, 3.05) is 19.0 Å². The summed E-state index contributed by atoms with van der Waals surface area (Å²) in [4.78, 5) is 58.8. The van der Waals surface area contributed by atoms with E-state index in [1.807, 2.05) is 31.4 Å². The average molecular weight is 723 g/mol. The van der Waals surface area contributed by atoms with E-state index in [2.05, 4.69) is 27.0 Å². The molecule has 4 aliphatic rings. The van der Waals surface area contributed by atoms with Crippen molar-refractivity contribution in [2.45, 2.75) is 78.0 Å². The molecule has 4 aromatic rings. The molecule has 0 radical (unpaired) electrons. The highest BCUT2D eigenvalue weighted by atomic mass is 32.1. The van der Waals surface area contributed by atoms with E-state index in [1.54, 1.807) is 56.4 Å². The summed E-state index contributed by atoms with van der Waals surface area (Å²) >= 11 is 1.57. The number of thiophene rings is 1. The molecule has 3 N–H and O–H groups in total. The Balaban J connectivity index is 1.25. The summed E-state index contributed by atoms with van der Waals surface area (Å²) < 4.78 is 16.7. The van der Waals surface area contributed by atoms with E-state index in [4.69, 9.17) is 14.2 Å². The van der Waals surface area contributed by atoms with Crippen LogP contribution in [-0.4, -0.2) is 53.7 Å². The Hall–Kier alpha value is -5.23. The highest BCUT2D eigenvalue weighted by Gasteiger charge is 2.57. The van der Waals surface area contributed by atoms with Gasteiger partial charge in [-0.2, -0.15) is 0 Å². The lowest BCUT2D eigenvalue weighted by Crippen LogP contribution is -2.68. The number of carbonyl (C=O) groups is 4. The molecule has 3 amide bonds. The average Bonchev–Trinajstić information content (AvgIpc) is 3.46. The van der Waals surface area contributed by atoms with Crippen LogP contribution in [0.4, 0.5) is 10.5 Å². The summed E-state index contributed by atoms with van der Waals surface area (Å²) in [6.45, 7) is 9.89. The van der Waals surface area contributed by atoms with E-state index < -0.39 is 23.6 Å². The van der Waals surface area contributed by atoms with E-state index >= 15 is 0 Å². The smallest absolute Gasteiger partial charge is 0.407 e. The highest BCUT2D eigenvalue weighted by molar-refractivity contribution is 7.13. The van der Waals surface area contributed by atoms with Crippen LogP contribution in [0, 0.1) is 19.8 Å². The summed E-state index contributed by atoms with van der Waals surface area (Å²) in [6.07, 6.45) is 3.08. The van der Waals surface area contributed by atoms with E-state index in [9.17, 15) is 19.2 Å². The molecule has 52 heavy (non-hydrogen) atoms. The molecule has 1 aliphatic heterocycles. The van der Waals surface area contributed by atoms with Crippen molar-refractivity contribution in [3.63, 3.8) is 0 Å². The van der Waals surface area contributed by atoms with Crippen molar-refractivity contribution in [1.82, 2.24) is 15.6 Å². The standard InChI is InChI=1S/C40H42N4O7S/c1-21-13-23(20-41-38(48)51-39(3,4)5)14-22(2)32(21)43-35(45)28-15-29-31(50-11-9-25-10-12-52-34(25)29)16-27(28)26-7-8-30(42-33(26)37(47)49-6)36(46)44-40-17-24(18-40)19-40/h7-8,10,12-16,24H,9,11,17-20H2,1-6H3,(H,41,48)(H,43,45)(H,44,46). The fraction of sp³-hybridized carbons (Fsp3) is 0.375. The lowest BCUT2D eigenvalue weighted by atomic mass is 9.50. The van der Waals surface area contributed by atoms with Crippen LogP contribution < -0.4 is 20.7 Å². The second-order valence-electron chi connectivity index (χ2n) is 15.0. The zero-order valence-corrected chi connectivity index (χ0v) is 31.0. The van der Waals surface area contributed by atoms with Gasteiger partial charge in [0.1, 0.15) is 17.0 Å². The molecule has 11 nitrogen and oxygen atoms in total. The first-order chi connectivity index (χ1) is 24.7. The van der Waals surface area contributed by atoms with Crippen LogP contribution in [-0.2, 0) is 22.4 Å². The quantitative estimate of drug-likeness (QED) is 0.160. The minimum Gasteiger partial charge on any atom is -0.493 e. The number of esters is 1. The van der Waals surface area contributed by atoms with Crippen molar-refractivity contribution in [3.05, 3.63) is 87.0 Å².